The van der Waals surface area contributed by atoms with Crippen molar-refractivity contribution >= 4 is 5.84 Å². The summed E-state index contributed by atoms with van der Waals surface area (Å²) in [6, 6.07) is 12.0. The summed E-state index contributed by atoms with van der Waals surface area (Å²) in [5.41, 5.74) is 5.19. The van der Waals surface area contributed by atoms with Gasteiger partial charge in [-0.25, -0.2) is 0 Å². The van der Waals surface area contributed by atoms with Gasteiger partial charge in [0.25, 0.3) is 0 Å². The maximum Gasteiger partial charge on any atom is 0.0873 e. The molecule has 0 aliphatic heterocycles. The van der Waals surface area contributed by atoms with Crippen molar-refractivity contribution in [3.05, 3.63) is 36.4 Å². The molecule has 1 aromatic rings. The van der Waals surface area contributed by atoms with Crippen LogP contribution in [-0.2, 0) is 0 Å². The van der Waals surface area contributed by atoms with E-state index in [0.717, 1.165) is 0 Å². The lowest BCUT2D eigenvalue weighted by molar-refractivity contribution is 0.469. The second-order valence-corrected chi connectivity index (χ2v) is 4.84. The summed E-state index contributed by atoms with van der Waals surface area (Å²) < 4.78 is 0. The van der Waals surface area contributed by atoms with Crippen molar-refractivity contribution < 1.29 is 0 Å². The number of amidine groups is 1. The average Bonchev–Trinajstić information content (AvgIpc) is 2.03. The van der Waals surface area contributed by atoms with Crippen molar-refractivity contribution in [2.24, 2.45) is 11.1 Å². The molecule has 0 saturated heterocycles. The largest absolute Gasteiger partial charge is 0.388 e. The van der Waals surface area contributed by atoms with Crippen LogP contribution in [0.25, 0.3) is 0 Å². The Kier molecular flexibility index (Phi) is 9.95. The molecular formula is C13H24N2. The van der Waals surface area contributed by atoms with Gasteiger partial charge in [-0.1, -0.05) is 64.1 Å². The molecule has 15 heavy (non-hydrogen) atoms. The number of nitrogens with two attached hydrogens (primary N) is 1. The fourth-order valence-electron chi connectivity index (χ4n) is 0.385. The second kappa shape index (κ2) is 9.25. The fourth-order valence-corrected chi connectivity index (χ4v) is 0.385. The van der Waals surface area contributed by atoms with Gasteiger partial charge in [0.15, 0.2) is 0 Å². The van der Waals surface area contributed by atoms with E-state index in [9.17, 15) is 0 Å². The first-order valence-corrected chi connectivity index (χ1v) is 5.04. The quantitative estimate of drug-likeness (QED) is 0.496. The lowest BCUT2D eigenvalue weighted by atomic mass is 10.0. The summed E-state index contributed by atoms with van der Waals surface area (Å²) in [6.07, 6.45) is 0. The molecule has 0 radical (unpaired) electrons. The van der Waals surface area contributed by atoms with E-state index in [1.807, 2.05) is 36.4 Å². The minimum atomic E-state index is 0.167. The molecule has 0 heterocycles. The van der Waals surface area contributed by atoms with Gasteiger partial charge in [0.2, 0.25) is 0 Å². The van der Waals surface area contributed by atoms with Gasteiger partial charge < -0.3 is 5.73 Å². The molecule has 0 aliphatic carbocycles. The van der Waals surface area contributed by atoms with Gasteiger partial charge in [0.05, 0.1) is 5.84 Å². The Morgan fingerprint density at radius 3 is 1.00 bits per heavy atom. The van der Waals surface area contributed by atoms with Crippen LogP contribution in [0.4, 0.5) is 0 Å². The Hall–Kier alpha value is -1.31. The highest BCUT2D eigenvalue weighted by Crippen LogP contribution is 2.08. The minimum Gasteiger partial charge on any atom is -0.388 e. The fraction of sp³-hybridized carbons (Fsp3) is 0.462. The molecule has 1 aromatic carbocycles. The van der Waals surface area contributed by atoms with Gasteiger partial charge >= 0.3 is 0 Å². The van der Waals surface area contributed by atoms with E-state index in [2.05, 4.69) is 27.7 Å². The number of hydrogen-bond acceptors (Lipinski definition) is 1. The Labute approximate surface area is 94.0 Å². The van der Waals surface area contributed by atoms with Crippen LogP contribution in [0.5, 0.6) is 0 Å². The van der Waals surface area contributed by atoms with E-state index in [1.54, 1.807) is 0 Å². The van der Waals surface area contributed by atoms with E-state index >= 15 is 0 Å². The van der Waals surface area contributed by atoms with Crippen LogP contribution < -0.4 is 5.73 Å². The van der Waals surface area contributed by atoms with Crippen LogP contribution in [-0.4, -0.2) is 5.84 Å². The van der Waals surface area contributed by atoms with E-state index in [0.29, 0.717) is 5.41 Å². The van der Waals surface area contributed by atoms with Gasteiger partial charge in [-0.15, -0.1) is 0 Å². The maximum atomic E-state index is 6.28. The normalized spacial score (nSPS) is 8.87. The van der Waals surface area contributed by atoms with Crippen molar-refractivity contribution in [2.75, 3.05) is 0 Å². The van der Waals surface area contributed by atoms with Crippen molar-refractivity contribution in [2.45, 2.75) is 34.6 Å². The number of benzene rings is 1. The predicted octanol–water partition coefficient (Wildman–Crippen LogP) is 3.68. The molecule has 86 valence electrons. The van der Waals surface area contributed by atoms with Crippen LogP contribution in [0.1, 0.15) is 34.6 Å². The molecule has 2 heteroatoms. The Balaban J connectivity index is 0. The third-order valence-corrected chi connectivity index (χ3v) is 0.667. The molecule has 0 saturated carbocycles. The smallest absolute Gasteiger partial charge is 0.0873 e. The third kappa shape index (κ3) is 65.9. The molecule has 0 spiro atoms. The van der Waals surface area contributed by atoms with Gasteiger partial charge in [0, 0.05) is 0 Å². The molecule has 0 aliphatic rings. The van der Waals surface area contributed by atoms with Crippen LogP contribution in [0, 0.1) is 10.8 Å². The standard InChI is InChI=1S/C6H6.C5H12.C2H6N2/c1-2-4-6-5-3-1;1-5(2,3)4;1-2(3)4/h1-6H;1-4H3;1H3,(H3,3,4). The lowest BCUT2D eigenvalue weighted by Gasteiger charge is -2.05. The number of rotatable bonds is 0. The van der Waals surface area contributed by atoms with Crippen molar-refractivity contribution in [1.29, 1.82) is 5.41 Å². The molecule has 0 fully saturated rings. The first-order valence-electron chi connectivity index (χ1n) is 5.04. The summed E-state index contributed by atoms with van der Waals surface area (Å²) in [7, 11) is 0. The summed E-state index contributed by atoms with van der Waals surface area (Å²) in [4.78, 5) is 0. The van der Waals surface area contributed by atoms with Crippen LogP contribution in [0.3, 0.4) is 0 Å². The van der Waals surface area contributed by atoms with Gasteiger partial charge in [0.1, 0.15) is 0 Å². The zero-order valence-electron chi connectivity index (χ0n) is 10.5. The Morgan fingerprint density at radius 1 is 0.867 bits per heavy atom. The van der Waals surface area contributed by atoms with Crippen molar-refractivity contribution in [1.82, 2.24) is 0 Å². The van der Waals surface area contributed by atoms with Gasteiger partial charge in [-0.05, 0) is 12.3 Å². The zero-order chi connectivity index (χ0) is 12.3. The van der Waals surface area contributed by atoms with Crippen molar-refractivity contribution in [3.63, 3.8) is 0 Å². The van der Waals surface area contributed by atoms with E-state index in [-0.39, 0.29) is 5.84 Å². The SMILES string of the molecule is CC(=N)N.CC(C)(C)C.c1ccccc1. The van der Waals surface area contributed by atoms with Crippen LogP contribution in [0.2, 0.25) is 0 Å². The Morgan fingerprint density at radius 2 is 0.933 bits per heavy atom. The molecular weight excluding hydrogens is 184 g/mol. The first-order chi connectivity index (χ1) is 6.73. The average molecular weight is 208 g/mol. The van der Waals surface area contributed by atoms with Crippen LogP contribution in [0.15, 0.2) is 36.4 Å². The van der Waals surface area contributed by atoms with Crippen LogP contribution >= 0.6 is 0 Å². The summed E-state index contributed by atoms with van der Waals surface area (Å²) in [5, 5.41) is 6.28. The molecule has 0 amide bonds. The highest BCUT2D eigenvalue weighted by Gasteiger charge is 1.95. The highest BCUT2D eigenvalue weighted by molar-refractivity contribution is 5.73. The van der Waals surface area contributed by atoms with Crippen molar-refractivity contribution in [3.8, 4) is 0 Å². The molecule has 0 bridgehead atoms. The predicted molar refractivity (Wildman–Crippen MR) is 69.2 cm³/mol. The first kappa shape index (κ1) is 16.1. The second-order valence-electron chi connectivity index (χ2n) is 4.84. The third-order valence-electron chi connectivity index (χ3n) is 0.667. The molecule has 1 rings (SSSR count). The topological polar surface area (TPSA) is 49.9 Å². The highest BCUT2D eigenvalue weighted by atomic mass is 14.7. The Bertz CT molecular complexity index is 198. The maximum absolute atomic E-state index is 6.28. The monoisotopic (exact) mass is 208 g/mol. The molecule has 0 aromatic heterocycles. The summed E-state index contributed by atoms with van der Waals surface area (Å²) in [5.74, 6) is 0.167. The van der Waals surface area contributed by atoms with E-state index in [4.69, 9.17) is 11.1 Å². The van der Waals surface area contributed by atoms with Gasteiger partial charge in [-0.2, -0.15) is 0 Å². The molecule has 2 nitrogen and oxygen atoms in total. The van der Waals surface area contributed by atoms with E-state index < -0.39 is 0 Å². The summed E-state index contributed by atoms with van der Waals surface area (Å²) >= 11 is 0. The van der Waals surface area contributed by atoms with Gasteiger partial charge in [-0.3, -0.25) is 5.41 Å². The molecule has 0 unspecified atom stereocenters. The molecule has 0 atom stereocenters. The number of hydrogen-bond donors (Lipinski definition) is 2. The minimum absolute atomic E-state index is 0.167. The summed E-state index contributed by atoms with van der Waals surface area (Å²) in [6.45, 7) is 10.3. The van der Waals surface area contributed by atoms with E-state index in [1.165, 1.54) is 6.92 Å². The number of nitrogens with one attached hydrogen (secondary N) is 1. The zero-order valence-corrected chi connectivity index (χ0v) is 10.5. The lowest BCUT2D eigenvalue weighted by Crippen LogP contribution is -2.00. The molecule has 3 N–H and O–H groups in total.